The Morgan fingerprint density at radius 1 is 1.55 bits per heavy atom. The number of aliphatic hydroxyl groups excluding tert-OH is 1. The highest BCUT2D eigenvalue weighted by Gasteiger charge is 2.23. The summed E-state index contributed by atoms with van der Waals surface area (Å²) in [5.41, 5.74) is 0. The summed E-state index contributed by atoms with van der Waals surface area (Å²) in [4.78, 5) is 2.37. The van der Waals surface area contributed by atoms with E-state index in [4.69, 9.17) is 5.11 Å². The fourth-order valence-electron chi connectivity index (χ4n) is 1.72. The summed E-state index contributed by atoms with van der Waals surface area (Å²) in [5, 5.41) is 9.00. The second-order valence-electron chi connectivity index (χ2n) is 3.66. The molecule has 2 heteroatoms. The highest BCUT2D eigenvalue weighted by molar-refractivity contribution is 4.88. The number of likely N-dealkylation sites (tertiary alicyclic amines) is 1. The molecule has 1 rings (SSSR count). The Hall–Kier alpha value is -0.0800. The van der Waals surface area contributed by atoms with Crippen LogP contribution in [0, 0.1) is 5.92 Å². The molecule has 0 amide bonds. The molecule has 0 bridgehead atoms. The maximum atomic E-state index is 9.00. The zero-order chi connectivity index (χ0) is 8.27. The molecule has 2 nitrogen and oxygen atoms in total. The molecule has 0 aromatic carbocycles. The van der Waals surface area contributed by atoms with Crippen molar-refractivity contribution in [2.45, 2.75) is 32.7 Å². The van der Waals surface area contributed by atoms with E-state index in [1.807, 2.05) is 0 Å². The second kappa shape index (κ2) is 4.07. The summed E-state index contributed by atoms with van der Waals surface area (Å²) in [7, 11) is 0. The largest absolute Gasteiger partial charge is 0.395 e. The van der Waals surface area contributed by atoms with Crippen LogP contribution in [0.5, 0.6) is 0 Å². The molecule has 1 unspecified atom stereocenters. The van der Waals surface area contributed by atoms with Crippen LogP contribution in [-0.2, 0) is 0 Å². The van der Waals surface area contributed by atoms with Crippen LogP contribution in [0.25, 0.3) is 0 Å². The molecule has 1 radical (unpaired) electrons. The Balaban J connectivity index is 2.31. The second-order valence-corrected chi connectivity index (χ2v) is 3.66. The van der Waals surface area contributed by atoms with Gasteiger partial charge in [-0.2, -0.15) is 0 Å². The molecule has 0 aromatic rings. The van der Waals surface area contributed by atoms with Crippen LogP contribution in [0.1, 0.15) is 26.7 Å². The zero-order valence-electron chi connectivity index (χ0n) is 7.51. The van der Waals surface area contributed by atoms with E-state index in [2.05, 4.69) is 18.7 Å². The summed E-state index contributed by atoms with van der Waals surface area (Å²) in [6.45, 7) is 6.84. The van der Waals surface area contributed by atoms with Crippen molar-refractivity contribution in [3.05, 3.63) is 5.92 Å². The van der Waals surface area contributed by atoms with Crippen LogP contribution in [0.2, 0.25) is 0 Å². The zero-order valence-corrected chi connectivity index (χ0v) is 7.51. The van der Waals surface area contributed by atoms with Gasteiger partial charge in [-0.1, -0.05) is 13.8 Å². The SMILES string of the molecule is C[C](C)CN1CCCC1CO. The molecule has 1 aliphatic rings. The molecule has 1 fully saturated rings. The summed E-state index contributed by atoms with van der Waals surface area (Å²) >= 11 is 0. The van der Waals surface area contributed by atoms with Gasteiger partial charge in [-0.15, -0.1) is 0 Å². The summed E-state index contributed by atoms with van der Waals surface area (Å²) in [5.74, 6) is 1.44. The van der Waals surface area contributed by atoms with Crippen molar-refractivity contribution in [3.8, 4) is 0 Å². The number of nitrogens with zero attached hydrogens (tertiary/aromatic N) is 1. The van der Waals surface area contributed by atoms with Gasteiger partial charge >= 0.3 is 0 Å². The molecule has 1 aliphatic heterocycles. The first-order valence-electron chi connectivity index (χ1n) is 4.38. The quantitative estimate of drug-likeness (QED) is 0.660. The highest BCUT2D eigenvalue weighted by atomic mass is 16.3. The maximum absolute atomic E-state index is 9.00. The summed E-state index contributed by atoms with van der Waals surface area (Å²) < 4.78 is 0. The van der Waals surface area contributed by atoms with Crippen LogP contribution in [0.4, 0.5) is 0 Å². The lowest BCUT2D eigenvalue weighted by molar-refractivity contribution is 0.163. The van der Waals surface area contributed by atoms with Gasteiger partial charge < -0.3 is 5.11 Å². The van der Waals surface area contributed by atoms with Gasteiger partial charge in [0.05, 0.1) is 6.61 Å². The van der Waals surface area contributed by atoms with Gasteiger partial charge in [0, 0.05) is 12.6 Å². The molecule has 0 aromatic heterocycles. The van der Waals surface area contributed by atoms with Crippen molar-refractivity contribution in [3.63, 3.8) is 0 Å². The summed E-state index contributed by atoms with van der Waals surface area (Å²) in [6, 6.07) is 0.435. The van der Waals surface area contributed by atoms with Gasteiger partial charge in [0.1, 0.15) is 0 Å². The highest BCUT2D eigenvalue weighted by Crippen LogP contribution is 2.18. The van der Waals surface area contributed by atoms with Crippen LogP contribution in [0.3, 0.4) is 0 Å². The lowest BCUT2D eigenvalue weighted by Crippen LogP contribution is -2.34. The average molecular weight is 156 g/mol. The number of hydrogen-bond acceptors (Lipinski definition) is 2. The molecule has 1 N–H and O–H groups in total. The Labute approximate surface area is 69.2 Å². The predicted molar refractivity (Wildman–Crippen MR) is 46.3 cm³/mol. The molecule has 11 heavy (non-hydrogen) atoms. The summed E-state index contributed by atoms with van der Waals surface area (Å²) in [6.07, 6.45) is 2.42. The van der Waals surface area contributed by atoms with Gasteiger partial charge in [0.2, 0.25) is 0 Å². The van der Waals surface area contributed by atoms with E-state index in [0.29, 0.717) is 12.6 Å². The van der Waals surface area contributed by atoms with Crippen molar-refractivity contribution in [2.75, 3.05) is 19.7 Å². The van der Waals surface area contributed by atoms with Crippen molar-refractivity contribution in [1.29, 1.82) is 0 Å². The minimum absolute atomic E-state index is 0.327. The van der Waals surface area contributed by atoms with Crippen molar-refractivity contribution in [2.24, 2.45) is 0 Å². The lowest BCUT2D eigenvalue weighted by atomic mass is 10.2. The van der Waals surface area contributed by atoms with Crippen LogP contribution in [-0.4, -0.2) is 35.7 Å². The minimum Gasteiger partial charge on any atom is -0.395 e. The molecule has 65 valence electrons. The number of hydrogen-bond donors (Lipinski definition) is 1. The van der Waals surface area contributed by atoms with Crippen molar-refractivity contribution < 1.29 is 5.11 Å². The van der Waals surface area contributed by atoms with E-state index in [1.165, 1.54) is 18.8 Å². The van der Waals surface area contributed by atoms with Gasteiger partial charge in [-0.3, -0.25) is 4.90 Å². The van der Waals surface area contributed by atoms with Gasteiger partial charge in [-0.05, 0) is 25.3 Å². The molecule has 1 heterocycles. The fourth-order valence-corrected chi connectivity index (χ4v) is 1.72. The van der Waals surface area contributed by atoms with Crippen LogP contribution in [0.15, 0.2) is 0 Å². The predicted octanol–water partition coefficient (Wildman–Crippen LogP) is 1.06. The third kappa shape index (κ3) is 2.46. The molecular formula is C9H18NO. The first kappa shape index (κ1) is 9.01. The molecular weight excluding hydrogens is 138 g/mol. The Kier molecular flexibility index (Phi) is 3.34. The van der Waals surface area contributed by atoms with E-state index in [1.54, 1.807) is 0 Å². The molecule has 0 aliphatic carbocycles. The number of rotatable bonds is 3. The van der Waals surface area contributed by atoms with E-state index >= 15 is 0 Å². The molecule has 0 saturated carbocycles. The van der Waals surface area contributed by atoms with E-state index in [9.17, 15) is 0 Å². The first-order chi connectivity index (χ1) is 5.24. The molecule has 1 atom stereocenters. The maximum Gasteiger partial charge on any atom is 0.0586 e. The normalized spacial score (nSPS) is 26.7. The Morgan fingerprint density at radius 3 is 2.82 bits per heavy atom. The third-order valence-electron chi connectivity index (χ3n) is 2.23. The topological polar surface area (TPSA) is 23.5 Å². The van der Waals surface area contributed by atoms with E-state index in [0.717, 1.165) is 13.1 Å². The van der Waals surface area contributed by atoms with Crippen molar-refractivity contribution >= 4 is 0 Å². The lowest BCUT2D eigenvalue weighted by Gasteiger charge is -2.23. The van der Waals surface area contributed by atoms with E-state index < -0.39 is 0 Å². The van der Waals surface area contributed by atoms with Gasteiger partial charge in [0.15, 0.2) is 0 Å². The number of aliphatic hydroxyl groups is 1. The minimum atomic E-state index is 0.327. The van der Waals surface area contributed by atoms with Crippen LogP contribution >= 0.6 is 0 Å². The first-order valence-corrected chi connectivity index (χ1v) is 4.38. The Bertz CT molecular complexity index is 114. The van der Waals surface area contributed by atoms with Gasteiger partial charge in [0.25, 0.3) is 0 Å². The molecule has 1 saturated heterocycles. The van der Waals surface area contributed by atoms with Crippen molar-refractivity contribution in [1.82, 2.24) is 4.90 Å². The smallest absolute Gasteiger partial charge is 0.0586 e. The average Bonchev–Trinajstić information content (AvgIpc) is 2.34. The molecule has 0 spiro atoms. The fraction of sp³-hybridized carbons (Fsp3) is 0.889. The standard InChI is InChI=1S/C9H18NO/c1-8(2)6-10-5-3-4-9(10)7-11/h9,11H,3-7H2,1-2H3. The third-order valence-corrected chi connectivity index (χ3v) is 2.23. The van der Waals surface area contributed by atoms with Gasteiger partial charge in [-0.25, -0.2) is 0 Å². The monoisotopic (exact) mass is 156 g/mol. The Morgan fingerprint density at radius 2 is 2.27 bits per heavy atom. The van der Waals surface area contributed by atoms with Crippen LogP contribution < -0.4 is 0 Å². The van der Waals surface area contributed by atoms with E-state index in [-0.39, 0.29) is 0 Å².